The van der Waals surface area contributed by atoms with Gasteiger partial charge < -0.3 is 4.74 Å². The second-order valence-corrected chi connectivity index (χ2v) is 4.96. The molecule has 0 aliphatic rings. The Balaban J connectivity index is 2.13. The van der Waals surface area contributed by atoms with Crippen LogP contribution in [0.1, 0.15) is 10.4 Å². The molecule has 100 valence electrons. The highest BCUT2D eigenvalue weighted by atomic mass is 79.9. The normalized spacial score (nSPS) is 10.7. The molecule has 0 N–H and O–H groups in total. The second-order valence-electron chi connectivity index (χ2n) is 4.15. The molecule has 0 amide bonds. The van der Waals surface area contributed by atoms with E-state index in [9.17, 15) is 4.79 Å². The Hall–Kier alpha value is -2.21. The molecule has 20 heavy (non-hydrogen) atoms. The third-order valence-corrected chi connectivity index (χ3v) is 3.39. The predicted octanol–water partition coefficient (Wildman–Crippen LogP) is 2.97. The van der Waals surface area contributed by atoms with Crippen molar-refractivity contribution in [3.8, 4) is 5.69 Å². The Bertz CT molecular complexity index is 798. The van der Waals surface area contributed by atoms with Gasteiger partial charge in [0.15, 0.2) is 0 Å². The van der Waals surface area contributed by atoms with Gasteiger partial charge in [-0.3, -0.25) is 4.57 Å². The lowest BCUT2D eigenvalue weighted by molar-refractivity contribution is 0.0601. The molecule has 0 radical (unpaired) electrons. The Morgan fingerprint density at radius 2 is 2.10 bits per heavy atom. The third-order valence-electron chi connectivity index (χ3n) is 2.96. The van der Waals surface area contributed by atoms with Crippen LogP contribution >= 0.6 is 15.9 Å². The van der Waals surface area contributed by atoms with Gasteiger partial charge in [-0.2, -0.15) is 0 Å². The first kappa shape index (κ1) is 12.8. The first-order valence-electron chi connectivity index (χ1n) is 5.86. The molecule has 0 spiro atoms. The zero-order chi connectivity index (χ0) is 14.1. The third kappa shape index (κ3) is 2.18. The van der Waals surface area contributed by atoms with Crippen LogP contribution in [0.4, 0.5) is 0 Å². The average Bonchev–Trinajstić information content (AvgIpc) is 2.89. The number of pyridine rings is 1. The number of rotatable bonds is 2. The molecule has 0 saturated carbocycles. The molecule has 2 heterocycles. The molecule has 0 saturated heterocycles. The van der Waals surface area contributed by atoms with E-state index in [1.807, 2.05) is 22.8 Å². The van der Waals surface area contributed by atoms with Crippen molar-refractivity contribution in [1.82, 2.24) is 14.5 Å². The van der Waals surface area contributed by atoms with Crippen molar-refractivity contribution in [1.29, 1.82) is 0 Å². The summed E-state index contributed by atoms with van der Waals surface area (Å²) >= 11 is 3.35. The van der Waals surface area contributed by atoms with Crippen LogP contribution in [-0.4, -0.2) is 27.6 Å². The van der Waals surface area contributed by atoms with Crippen LogP contribution in [0, 0.1) is 0 Å². The summed E-state index contributed by atoms with van der Waals surface area (Å²) in [5.74, 6) is -0.367. The van der Waals surface area contributed by atoms with E-state index in [1.165, 1.54) is 7.11 Å². The van der Waals surface area contributed by atoms with Gasteiger partial charge in [0, 0.05) is 6.20 Å². The Kier molecular flexibility index (Phi) is 3.23. The summed E-state index contributed by atoms with van der Waals surface area (Å²) in [6.45, 7) is 0. The van der Waals surface area contributed by atoms with Crippen LogP contribution in [0.2, 0.25) is 0 Å². The monoisotopic (exact) mass is 331 g/mol. The van der Waals surface area contributed by atoms with Crippen molar-refractivity contribution in [3.05, 3.63) is 53.0 Å². The molecule has 0 unspecified atom stereocenters. The summed E-state index contributed by atoms with van der Waals surface area (Å²) in [6.07, 6.45) is 3.43. The summed E-state index contributed by atoms with van der Waals surface area (Å²) < 4.78 is 7.39. The van der Waals surface area contributed by atoms with E-state index < -0.39 is 0 Å². The van der Waals surface area contributed by atoms with Crippen molar-refractivity contribution in [2.45, 2.75) is 0 Å². The highest BCUT2D eigenvalue weighted by molar-refractivity contribution is 9.10. The summed E-state index contributed by atoms with van der Waals surface area (Å²) in [6, 6.07) is 9.08. The van der Waals surface area contributed by atoms with Crippen molar-refractivity contribution < 1.29 is 9.53 Å². The summed E-state index contributed by atoms with van der Waals surface area (Å²) in [5, 5.41) is 0. The van der Waals surface area contributed by atoms with Crippen LogP contribution < -0.4 is 0 Å². The molecule has 0 atom stereocenters. The van der Waals surface area contributed by atoms with Crippen LogP contribution in [0.5, 0.6) is 0 Å². The van der Waals surface area contributed by atoms with Gasteiger partial charge in [0.05, 0.1) is 29.4 Å². The molecule has 0 aliphatic heterocycles. The van der Waals surface area contributed by atoms with Gasteiger partial charge in [-0.1, -0.05) is 0 Å². The van der Waals surface area contributed by atoms with Gasteiger partial charge in [-0.25, -0.2) is 14.8 Å². The maximum Gasteiger partial charge on any atom is 0.337 e. The fourth-order valence-electron chi connectivity index (χ4n) is 2.01. The number of aromatic nitrogens is 3. The number of imidazole rings is 1. The number of fused-ring (bicyclic) bond motifs is 1. The van der Waals surface area contributed by atoms with Crippen LogP contribution in [0.25, 0.3) is 16.7 Å². The average molecular weight is 332 g/mol. The number of esters is 1. The molecule has 2 aromatic heterocycles. The number of nitrogens with zero attached hydrogens (tertiary/aromatic N) is 3. The highest BCUT2D eigenvalue weighted by Gasteiger charge is 2.10. The van der Waals surface area contributed by atoms with E-state index in [-0.39, 0.29) is 5.97 Å². The standard InChI is InChI=1S/C14H10BrN3O2/c1-20-14(19)9-2-3-12-11(6-9)17-8-18(12)10-4-5-16-13(15)7-10/h2-8H,1H3. The van der Waals surface area contributed by atoms with Crippen LogP contribution in [0.15, 0.2) is 47.5 Å². The number of methoxy groups -OCH3 is 1. The van der Waals surface area contributed by atoms with Crippen molar-refractivity contribution in [3.63, 3.8) is 0 Å². The molecule has 3 rings (SSSR count). The molecule has 3 aromatic rings. The number of benzene rings is 1. The number of hydrogen-bond acceptors (Lipinski definition) is 4. The van der Waals surface area contributed by atoms with Gasteiger partial charge in [0.25, 0.3) is 0 Å². The topological polar surface area (TPSA) is 57.0 Å². The fraction of sp³-hybridized carbons (Fsp3) is 0.0714. The second kappa shape index (κ2) is 5.05. The number of carbonyl (C=O) groups is 1. The minimum atomic E-state index is -0.367. The SMILES string of the molecule is COC(=O)c1ccc2c(c1)ncn2-c1ccnc(Br)c1. The first-order valence-corrected chi connectivity index (χ1v) is 6.65. The van der Waals surface area contributed by atoms with E-state index in [2.05, 4.69) is 25.9 Å². The predicted molar refractivity (Wildman–Crippen MR) is 77.9 cm³/mol. The molecular formula is C14H10BrN3O2. The van der Waals surface area contributed by atoms with Gasteiger partial charge >= 0.3 is 5.97 Å². The maximum atomic E-state index is 11.5. The van der Waals surface area contributed by atoms with Crippen LogP contribution in [-0.2, 0) is 4.74 Å². The number of carbonyl (C=O) groups excluding carboxylic acids is 1. The summed E-state index contributed by atoms with van der Waals surface area (Å²) in [7, 11) is 1.36. The molecule has 0 bridgehead atoms. The summed E-state index contributed by atoms with van der Waals surface area (Å²) in [5.41, 5.74) is 3.08. The van der Waals surface area contributed by atoms with E-state index in [1.54, 1.807) is 24.7 Å². The van der Waals surface area contributed by atoms with Crippen LogP contribution in [0.3, 0.4) is 0 Å². The van der Waals surface area contributed by atoms with Gasteiger partial charge in [0.2, 0.25) is 0 Å². The summed E-state index contributed by atoms with van der Waals surface area (Å²) in [4.78, 5) is 19.9. The lowest BCUT2D eigenvalue weighted by Crippen LogP contribution is -2.00. The van der Waals surface area contributed by atoms with Gasteiger partial charge in [-0.15, -0.1) is 0 Å². The van der Waals surface area contributed by atoms with E-state index in [0.717, 1.165) is 21.3 Å². The maximum absolute atomic E-state index is 11.5. The molecule has 0 fully saturated rings. The fourth-order valence-corrected chi connectivity index (χ4v) is 2.36. The lowest BCUT2D eigenvalue weighted by Gasteiger charge is -2.04. The Morgan fingerprint density at radius 1 is 1.25 bits per heavy atom. The quantitative estimate of drug-likeness (QED) is 0.535. The molecule has 1 aromatic carbocycles. The Morgan fingerprint density at radius 3 is 2.85 bits per heavy atom. The zero-order valence-electron chi connectivity index (χ0n) is 10.6. The van der Waals surface area contributed by atoms with E-state index in [0.29, 0.717) is 5.56 Å². The minimum absolute atomic E-state index is 0.367. The minimum Gasteiger partial charge on any atom is -0.465 e. The molecule has 0 aliphatic carbocycles. The van der Waals surface area contributed by atoms with Crippen molar-refractivity contribution >= 4 is 32.9 Å². The molecule has 5 nitrogen and oxygen atoms in total. The molecule has 6 heteroatoms. The largest absolute Gasteiger partial charge is 0.465 e. The van der Waals surface area contributed by atoms with E-state index >= 15 is 0 Å². The smallest absolute Gasteiger partial charge is 0.337 e. The number of halogens is 1. The van der Waals surface area contributed by atoms with Gasteiger partial charge in [-0.05, 0) is 46.3 Å². The zero-order valence-corrected chi connectivity index (χ0v) is 12.2. The van der Waals surface area contributed by atoms with Crippen molar-refractivity contribution in [2.24, 2.45) is 0 Å². The Labute approximate surface area is 123 Å². The number of ether oxygens (including phenoxy) is 1. The molecular weight excluding hydrogens is 322 g/mol. The lowest BCUT2D eigenvalue weighted by atomic mass is 10.2. The first-order chi connectivity index (χ1) is 9.69. The highest BCUT2D eigenvalue weighted by Crippen LogP contribution is 2.21. The van der Waals surface area contributed by atoms with Crippen molar-refractivity contribution in [2.75, 3.05) is 7.11 Å². The number of hydrogen-bond donors (Lipinski definition) is 0. The van der Waals surface area contributed by atoms with E-state index in [4.69, 9.17) is 4.74 Å². The van der Waals surface area contributed by atoms with Gasteiger partial charge in [0.1, 0.15) is 10.9 Å².